The Bertz CT molecular complexity index is 91.8. The summed E-state index contributed by atoms with van der Waals surface area (Å²) in [5.41, 5.74) is 0. The monoisotopic (exact) mass is 142 g/mol. The molecule has 0 atom stereocenters. The van der Waals surface area contributed by atoms with Crippen LogP contribution in [-0.4, -0.2) is 25.4 Å². The van der Waals surface area contributed by atoms with Gasteiger partial charge in [0.1, 0.15) is 0 Å². The predicted molar refractivity (Wildman–Crippen MR) is 37.9 cm³/mol. The van der Waals surface area contributed by atoms with Gasteiger partial charge < -0.3 is 9.47 Å². The van der Waals surface area contributed by atoms with E-state index >= 15 is 0 Å². The van der Waals surface area contributed by atoms with Crippen LogP contribution in [0.2, 0.25) is 0 Å². The highest BCUT2D eigenvalue weighted by Gasteiger charge is 2.23. The van der Waals surface area contributed by atoms with E-state index in [9.17, 15) is 0 Å². The molecule has 0 saturated heterocycles. The fourth-order valence-corrected chi connectivity index (χ4v) is 0.899. The maximum atomic E-state index is 5.41. The van der Waals surface area contributed by atoms with Gasteiger partial charge in [0.25, 0.3) is 0 Å². The van der Waals surface area contributed by atoms with Gasteiger partial charge in [0.15, 0.2) is 0 Å². The van der Waals surface area contributed by atoms with Crippen LogP contribution in [0.3, 0.4) is 0 Å². The van der Waals surface area contributed by atoms with Crippen LogP contribution >= 0.6 is 0 Å². The Balaban J connectivity index is 1.40. The van der Waals surface area contributed by atoms with Gasteiger partial charge in [-0.2, -0.15) is 0 Å². The van der Waals surface area contributed by atoms with Gasteiger partial charge in [-0.05, 0) is 25.7 Å². The third kappa shape index (κ3) is 2.27. The van der Waals surface area contributed by atoms with E-state index in [4.69, 9.17) is 9.47 Å². The normalized spacial score (nSPS) is 25.2. The van der Waals surface area contributed by atoms with E-state index < -0.39 is 0 Å². The molecule has 2 heteroatoms. The molecule has 0 aliphatic heterocycles. The zero-order chi connectivity index (χ0) is 6.81. The molecule has 2 saturated carbocycles. The van der Waals surface area contributed by atoms with E-state index in [0.717, 1.165) is 13.2 Å². The molecule has 0 aromatic heterocycles. The third-order valence-electron chi connectivity index (χ3n) is 1.84. The van der Waals surface area contributed by atoms with Gasteiger partial charge in [-0.1, -0.05) is 0 Å². The first-order valence-corrected chi connectivity index (χ1v) is 4.18. The number of ether oxygens (including phenoxy) is 2. The Morgan fingerprint density at radius 2 is 1.20 bits per heavy atom. The second-order valence-corrected chi connectivity index (χ2v) is 3.14. The number of rotatable bonds is 5. The average molecular weight is 142 g/mol. The van der Waals surface area contributed by atoms with Crippen LogP contribution in [0.4, 0.5) is 0 Å². The van der Waals surface area contributed by atoms with Crippen molar-refractivity contribution in [1.82, 2.24) is 0 Å². The number of hydrogen-bond acceptors (Lipinski definition) is 2. The summed E-state index contributed by atoms with van der Waals surface area (Å²) in [7, 11) is 0. The maximum Gasteiger partial charge on any atom is 0.0704 e. The molecule has 0 amide bonds. The molecule has 0 aromatic carbocycles. The fraction of sp³-hybridized carbons (Fsp3) is 1.00. The lowest BCUT2D eigenvalue weighted by molar-refractivity contribution is 0.0332. The molecule has 2 nitrogen and oxygen atoms in total. The first-order valence-electron chi connectivity index (χ1n) is 4.18. The van der Waals surface area contributed by atoms with Crippen molar-refractivity contribution in [2.24, 2.45) is 0 Å². The molecular formula is C8H14O2. The SMILES string of the molecule is C(COC1CC1)OC1CC1. The predicted octanol–water partition coefficient (Wildman–Crippen LogP) is 1.34. The van der Waals surface area contributed by atoms with Crippen molar-refractivity contribution in [2.45, 2.75) is 37.9 Å². The molecule has 0 radical (unpaired) electrons. The summed E-state index contributed by atoms with van der Waals surface area (Å²) in [6, 6.07) is 0. The molecule has 10 heavy (non-hydrogen) atoms. The highest BCUT2D eigenvalue weighted by Crippen LogP contribution is 2.25. The van der Waals surface area contributed by atoms with Crippen LogP contribution in [0.1, 0.15) is 25.7 Å². The van der Waals surface area contributed by atoms with Crippen LogP contribution in [0.15, 0.2) is 0 Å². The van der Waals surface area contributed by atoms with E-state index in [1.165, 1.54) is 25.7 Å². The van der Waals surface area contributed by atoms with Gasteiger partial charge >= 0.3 is 0 Å². The molecule has 0 heterocycles. The van der Waals surface area contributed by atoms with E-state index in [0.29, 0.717) is 12.2 Å². The van der Waals surface area contributed by atoms with E-state index in [-0.39, 0.29) is 0 Å². The molecule has 0 spiro atoms. The minimum atomic E-state index is 0.586. The van der Waals surface area contributed by atoms with Gasteiger partial charge in [0, 0.05) is 0 Å². The fourth-order valence-electron chi connectivity index (χ4n) is 0.899. The Kier molecular flexibility index (Phi) is 1.91. The summed E-state index contributed by atoms with van der Waals surface area (Å²) < 4.78 is 10.8. The van der Waals surface area contributed by atoms with Crippen molar-refractivity contribution < 1.29 is 9.47 Å². The van der Waals surface area contributed by atoms with Crippen LogP contribution in [0.25, 0.3) is 0 Å². The van der Waals surface area contributed by atoms with Crippen molar-refractivity contribution in [3.63, 3.8) is 0 Å². The Morgan fingerprint density at radius 3 is 1.50 bits per heavy atom. The van der Waals surface area contributed by atoms with Crippen molar-refractivity contribution >= 4 is 0 Å². The second-order valence-electron chi connectivity index (χ2n) is 3.14. The molecule has 0 unspecified atom stereocenters. The van der Waals surface area contributed by atoms with Gasteiger partial charge in [-0.25, -0.2) is 0 Å². The Hall–Kier alpha value is -0.0800. The molecule has 0 aromatic rings. The highest BCUT2D eigenvalue weighted by atomic mass is 16.5. The minimum Gasteiger partial charge on any atom is -0.376 e. The summed E-state index contributed by atoms with van der Waals surface area (Å²) in [5, 5.41) is 0. The lowest BCUT2D eigenvalue weighted by atomic mass is 10.7. The topological polar surface area (TPSA) is 18.5 Å². The zero-order valence-corrected chi connectivity index (χ0v) is 6.21. The van der Waals surface area contributed by atoms with Gasteiger partial charge in [0.2, 0.25) is 0 Å². The molecule has 2 aliphatic carbocycles. The van der Waals surface area contributed by atoms with Crippen molar-refractivity contribution in [1.29, 1.82) is 0 Å². The smallest absolute Gasteiger partial charge is 0.0704 e. The van der Waals surface area contributed by atoms with Crippen LogP contribution in [-0.2, 0) is 9.47 Å². The summed E-state index contributed by atoms with van der Waals surface area (Å²) in [6.07, 6.45) is 6.24. The quantitative estimate of drug-likeness (QED) is 0.539. The molecule has 0 bridgehead atoms. The van der Waals surface area contributed by atoms with E-state index in [1.54, 1.807) is 0 Å². The third-order valence-corrected chi connectivity index (χ3v) is 1.84. The zero-order valence-electron chi connectivity index (χ0n) is 6.21. The van der Waals surface area contributed by atoms with Gasteiger partial charge in [-0.15, -0.1) is 0 Å². The molecule has 2 fully saturated rings. The van der Waals surface area contributed by atoms with Crippen molar-refractivity contribution in [3.05, 3.63) is 0 Å². The van der Waals surface area contributed by atoms with Crippen molar-refractivity contribution in [2.75, 3.05) is 13.2 Å². The first-order chi connectivity index (χ1) is 4.95. The van der Waals surface area contributed by atoms with Gasteiger partial charge in [-0.3, -0.25) is 0 Å². The van der Waals surface area contributed by atoms with E-state index in [2.05, 4.69) is 0 Å². The lowest BCUT2D eigenvalue weighted by Crippen LogP contribution is -2.06. The van der Waals surface area contributed by atoms with Gasteiger partial charge in [0.05, 0.1) is 25.4 Å². The molecular weight excluding hydrogens is 128 g/mol. The Labute approximate surface area is 61.5 Å². The summed E-state index contributed by atoms with van der Waals surface area (Å²) in [4.78, 5) is 0. The van der Waals surface area contributed by atoms with Crippen LogP contribution in [0.5, 0.6) is 0 Å². The lowest BCUT2D eigenvalue weighted by Gasteiger charge is -2.01. The molecule has 2 aliphatic rings. The Morgan fingerprint density at radius 1 is 0.800 bits per heavy atom. The first kappa shape index (κ1) is 6.62. The summed E-state index contributed by atoms with van der Waals surface area (Å²) >= 11 is 0. The van der Waals surface area contributed by atoms with Crippen LogP contribution in [0, 0.1) is 0 Å². The summed E-state index contributed by atoms with van der Waals surface area (Å²) in [5.74, 6) is 0. The summed E-state index contributed by atoms with van der Waals surface area (Å²) in [6.45, 7) is 1.61. The van der Waals surface area contributed by atoms with Crippen molar-refractivity contribution in [3.8, 4) is 0 Å². The number of hydrogen-bond donors (Lipinski definition) is 0. The van der Waals surface area contributed by atoms with E-state index in [1.807, 2.05) is 0 Å². The second kappa shape index (κ2) is 2.89. The molecule has 58 valence electrons. The highest BCUT2D eigenvalue weighted by molar-refractivity contribution is 4.74. The minimum absolute atomic E-state index is 0.586. The average Bonchev–Trinajstić information content (AvgIpc) is 2.77. The molecule has 2 rings (SSSR count). The maximum absolute atomic E-state index is 5.41. The standard InChI is InChI=1S/C8H14O2/c1-2-7(1)9-5-6-10-8-3-4-8/h7-8H,1-6H2. The van der Waals surface area contributed by atoms with Crippen LogP contribution < -0.4 is 0 Å². The largest absolute Gasteiger partial charge is 0.376 e. The molecule has 0 N–H and O–H groups in total.